The van der Waals surface area contributed by atoms with Crippen molar-refractivity contribution in [3.8, 4) is 6.07 Å². The average molecular weight is 261 g/mol. The van der Waals surface area contributed by atoms with Crippen molar-refractivity contribution in [3.05, 3.63) is 16.0 Å². The fourth-order valence-electron chi connectivity index (χ4n) is 2.65. The number of thiophene rings is 1. The molecule has 0 bridgehead atoms. The van der Waals surface area contributed by atoms with E-state index >= 15 is 0 Å². The molecule has 1 aliphatic carbocycles. The Hall–Kier alpha value is -1.54. The molecule has 4 nitrogen and oxygen atoms in total. The van der Waals surface area contributed by atoms with Gasteiger partial charge in [-0.05, 0) is 24.8 Å². The molecule has 0 unspecified atom stereocenters. The van der Waals surface area contributed by atoms with Crippen molar-refractivity contribution in [2.24, 2.45) is 5.92 Å². The number of nitrogens with zero attached hydrogens (tertiary/aromatic N) is 2. The van der Waals surface area contributed by atoms with Crippen LogP contribution < -0.4 is 5.73 Å². The summed E-state index contributed by atoms with van der Waals surface area (Å²) in [5, 5.41) is 9.67. The van der Waals surface area contributed by atoms with Crippen LogP contribution in [-0.4, -0.2) is 17.4 Å². The van der Waals surface area contributed by atoms with Crippen LogP contribution in [0, 0.1) is 17.2 Å². The fraction of sp³-hybridized carbons (Fsp3) is 0.538. The van der Waals surface area contributed by atoms with E-state index in [0.29, 0.717) is 17.1 Å². The van der Waals surface area contributed by atoms with Gasteiger partial charge < -0.3 is 10.6 Å². The topological polar surface area (TPSA) is 70.1 Å². The molecule has 0 aromatic carbocycles. The molecule has 0 spiro atoms. The molecule has 1 aromatic heterocycles. The number of hydrogen-bond acceptors (Lipinski definition) is 4. The van der Waals surface area contributed by atoms with Crippen molar-refractivity contribution in [1.29, 1.82) is 5.26 Å². The lowest BCUT2D eigenvalue weighted by atomic mass is 9.84. The highest BCUT2D eigenvalue weighted by atomic mass is 32.1. The van der Waals surface area contributed by atoms with Crippen molar-refractivity contribution in [1.82, 2.24) is 4.90 Å². The smallest absolute Gasteiger partial charge is 0.226 e. The van der Waals surface area contributed by atoms with E-state index in [1.54, 1.807) is 0 Å². The summed E-state index contributed by atoms with van der Waals surface area (Å²) in [5.74, 6) is 0.539. The third kappa shape index (κ3) is 1.68. The molecule has 5 heteroatoms. The van der Waals surface area contributed by atoms with E-state index in [2.05, 4.69) is 6.07 Å². The molecule has 1 fully saturated rings. The maximum atomic E-state index is 12.2. The molecule has 1 amide bonds. The van der Waals surface area contributed by atoms with Gasteiger partial charge in [0.05, 0.1) is 12.1 Å². The molecule has 1 aromatic rings. The second-order valence-electron chi connectivity index (χ2n) is 4.99. The summed E-state index contributed by atoms with van der Waals surface area (Å²) in [5.41, 5.74) is 7.54. The second kappa shape index (κ2) is 4.29. The lowest BCUT2D eigenvalue weighted by molar-refractivity contribution is -0.139. The summed E-state index contributed by atoms with van der Waals surface area (Å²) >= 11 is 1.46. The Morgan fingerprint density at radius 1 is 1.50 bits per heavy atom. The first-order chi connectivity index (χ1) is 8.70. The maximum Gasteiger partial charge on any atom is 0.226 e. The summed E-state index contributed by atoms with van der Waals surface area (Å²) in [6, 6.07) is 2.17. The minimum absolute atomic E-state index is 0.249. The molecule has 94 valence electrons. The SMILES string of the molecule is N#Cc1c(N)sc2c1CCN(C(=O)C1CCC1)C2. The molecule has 0 saturated heterocycles. The van der Waals surface area contributed by atoms with Crippen LogP contribution in [-0.2, 0) is 17.8 Å². The van der Waals surface area contributed by atoms with Gasteiger partial charge in [0.25, 0.3) is 0 Å². The monoisotopic (exact) mass is 261 g/mol. The molecule has 2 heterocycles. The van der Waals surface area contributed by atoms with Crippen molar-refractivity contribution < 1.29 is 4.79 Å². The van der Waals surface area contributed by atoms with E-state index in [1.807, 2.05) is 4.90 Å². The van der Waals surface area contributed by atoms with Gasteiger partial charge in [0.2, 0.25) is 5.91 Å². The number of carbonyl (C=O) groups excluding carboxylic acids is 1. The summed E-state index contributed by atoms with van der Waals surface area (Å²) < 4.78 is 0. The third-order valence-electron chi connectivity index (χ3n) is 3.96. The van der Waals surface area contributed by atoms with Crippen LogP contribution >= 0.6 is 11.3 Å². The molecule has 0 atom stereocenters. The zero-order valence-electron chi connectivity index (χ0n) is 10.1. The highest BCUT2D eigenvalue weighted by Gasteiger charge is 2.32. The Morgan fingerprint density at radius 2 is 2.28 bits per heavy atom. The maximum absolute atomic E-state index is 12.2. The highest BCUT2D eigenvalue weighted by molar-refractivity contribution is 7.16. The van der Waals surface area contributed by atoms with E-state index < -0.39 is 0 Å². The van der Waals surface area contributed by atoms with Crippen LogP contribution in [0.1, 0.15) is 35.3 Å². The highest BCUT2D eigenvalue weighted by Crippen LogP contribution is 2.36. The van der Waals surface area contributed by atoms with E-state index in [1.165, 1.54) is 17.8 Å². The number of hydrogen-bond donors (Lipinski definition) is 1. The van der Waals surface area contributed by atoms with Gasteiger partial charge in [0, 0.05) is 17.3 Å². The first kappa shape index (κ1) is 11.5. The minimum atomic E-state index is 0.249. The average Bonchev–Trinajstić information content (AvgIpc) is 2.60. The lowest BCUT2D eigenvalue weighted by Crippen LogP contribution is -2.41. The van der Waals surface area contributed by atoms with Gasteiger partial charge in [0.1, 0.15) is 11.1 Å². The molecule has 18 heavy (non-hydrogen) atoms. The summed E-state index contributed by atoms with van der Waals surface area (Å²) in [6.07, 6.45) is 4.03. The van der Waals surface area contributed by atoms with Crippen LogP contribution in [0.2, 0.25) is 0 Å². The molecule has 0 radical (unpaired) electrons. The molecule has 3 rings (SSSR count). The third-order valence-corrected chi connectivity index (χ3v) is 5.01. The van der Waals surface area contributed by atoms with Gasteiger partial charge in [-0.25, -0.2) is 0 Å². The lowest BCUT2D eigenvalue weighted by Gasteiger charge is -2.33. The first-order valence-electron chi connectivity index (χ1n) is 6.29. The van der Waals surface area contributed by atoms with Crippen LogP contribution in [0.15, 0.2) is 0 Å². The number of nitriles is 1. The normalized spacial score (nSPS) is 18.9. The van der Waals surface area contributed by atoms with Gasteiger partial charge in [-0.15, -0.1) is 11.3 Å². The fourth-order valence-corrected chi connectivity index (χ4v) is 3.73. The first-order valence-corrected chi connectivity index (χ1v) is 7.11. The quantitative estimate of drug-likeness (QED) is 0.839. The van der Waals surface area contributed by atoms with E-state index in [0.717, 1.165) is 36.2 Å². The van der Waals surface area contributed by atoms with Gasteiger partial charge in [-0.3, -0.25) is 4.79 Å². The van der Waals surface area contributed by atoms with Crippen molar-refractivity contribution in [2.45, 2.75) is 32.2 Å². The Morgan fingerprint density at radius 3 is 2.89 bits per heavy atom. The Bertz CT molecular complexity index is 539. The second-order valence-corrected chi connectivity index (χ2v) is 6.13. The summed E-state index contributed by atoms with van der Waals surface area (Å²) in [4.78, 5) is 15.2. The molecule has 1 saturated carbocycles. The van der Waals surface area contributed by atoms with Gasteiger partial charge in [-0.1, -0.05) is 6.42 Å². The number of amides is 1. The van der Waals surface area contributed by atoms with Crippen molar-refractivity contribution in [3.63, 3.8) is 0 Å². The van der Waals surface area contributed by atoms with E-state index in [9.17, 15) is 4.79 Å². The number of carbonyl (C=O) groups is 1. The number of nitrogens with two attached hydrogens (primary N) is 1. The van der Waals surface area contributed by atoms with Crippen LogP contribution in [0.5, 0.6) is 0 Å². The molecule has 2 N–H and O–H groups in total. The van der Waals surface area contributed by atoms with Crippen LogP contribution in [0.4, 0.5) is 5.00 Å². The summed E-state index contributed by atoms with van der Waals surface area (Å²) in [7, 11) is 0. The van der Waals surface area contributed by atoms with Gasteiger partial charge in [0.15, 0.2) is 0 Å². The number of anilines is 1. The zero-order valence-corrected chi connectivity index (χ0v) is 10.9. The van der Waals surface area contributed by atoms with Crippen LogP contribution in [0.3, 0.4) is 0 Å². The number of fused-ring (bicyclic) bond motifs is 1. The Labute approximate surface area is 110 Å². The zero-order chi connectivity index (χ0) is 12.7. The predicted octanol–water partition coefficient (Wildman–Crippen LogP) is 1.89. The minimum Gasteiger partial charge on any atom is -0.389 e. The predicted molar refractivity (Wildman–Crippen MR) is 69.9 cm³/mol. The summed E-state index contributed by atoms with van der Waals surface area (Å²) in [6.45, 7) is 1.37. The van der Waals surface area contributed by atoms with Crippen LogP contribution in [0.25, 0.3) is 0 Å². The van der Waals surface area contributed by atoms with E-state index in [-0.39, 0.29) is 11.8 Å². The van der Waals surface area contributed by atoms with Crippen molar-refractivity contribution >= 4 is 22.2 Å². The van der Waals surface area contributed by atoms with E-state index in [4.69, 9.17) is 11.0 Å². The molecular formula is C13H15N3OS. The largest absolute Gasteiger partial charge is 0.389 e. The molecule has 1 aliphatic heterocycles. The Kier molecular flexibility index (Phi) is 2.75. The Balaban J connectivity index is 1.81. The van der Waals surface area contributed by atoms with Gasteiger partial charge in [-0.2, -0.15) is 5.26 Å². The standard InChI is InChI=1S/C13H15N3OS/c14-6-10-9-4-5-16(7-11(9)18-12(10)15)13(17)8-2-1-3-8/h8H,1-5,7,15H2. The van der Waals surface area contributed by atoms with Gasteiger partial charge >= 0.3 is 0 Å². The molecular weight excluding hydrogens is 246 g/mol. The number of rotatable bonds is 1. The molecule has 2 aliphatic rings. The van der Waals surface area contributed by atoms with Crippen molar-refractivity contribution in [2.75, 3.05) is 12.3 Å². The number of nitrogen functional groups attached to an aromatic ring is 1.